The van der Waals surface area contributed by atoms with E-state index in [1.54, 1.807) is 6.92 Å². The number of amides is 1. The number of alkyl halides is 2. The first-order chi connectivity index (χ1) is 9.34. The minimum absolute atomic E-state index is 0.0841. The fourth-order valence-corrected chi connectivity index (χ4v) is 2.37. The molecule has 0 unspecified atom stereocenters. The van der Waals surface area contributed by atoms with Crippen LogP contribution in [-0.2, 0) is 0 Å². The number of aryl methyl sites for hydroxylation is 1. The van der Waals surface area contributed by atoms with Crippen LogP contribution in [0, 0.1) is 12.7 Å². The van der Waals surface area contributed by atoms with Crippen LogP contribution in [0.2, 0.25) is 0 Å². The van der Waals surface area contributed by atoms with Gasteiger partial charge < -0.3 is 4.90 Å². The highest BCUT2D eigenvalue weighted by Crippen LogP contribution is 2.28. The minimum atomic E-state index is -2.87. The molecule has 0 aromatic heterocycles. The molecule has 0 atom stereocenters. The maximum atomic E-state index is 13.6. The van der Waals surface area contributed by atoms with Crippen molar-refractivity contribution in [2.45, 2.75) is 25.7 Å². The SMILES string of the molecule is C=Cc1cc(C)c(F)cc1C(=O)N1CCCC(F)(F)C1. The van der Waals surface area contributed by atoms with E-state index in [4.69, 9.17) is 0 Å². The number of likely N-dealkylation sites (tertiary alicyclic amines) is 1. The maximum absolute atomic E-state index is 13.6. The maximum Gasteiger partial charge on any atom is 0.265 e. The Labute approximate surface area is 115 Å². The topological polar surface area (TPSA) is 20.3 Å². The van der Waals surface area contributed by atoms with Gasteiger partial charge in [0.25, 0.3) is 11.8 Å². The molecule has 0 aliphatic carbocycles. The zero-order valence-electron chi connectivity index (χ0n) is 11.3. The second-order valence-electron chi connectivity index (χ2n) is 5.08. The highest BCUT2D eigenvalue weighted by molar-refractivity contribution is 5.98. The van der Waals surface area contributed by atoms with Gasteiger partial charge in [0.15, 0.2) is 0 Å². The van der Waals surface area contributed by atoms with Crippen LogP contribution in [0.5, 0.6) is 0 Å². The van der Waals surface area contributed by atoms with Gasteiger partial charge in [-0.3, -0.25) is 4.79 Å². The summed E-state index contributed by atoms with van der Waals surface area (Å²) in [6.45, 7) is 4.80. The van der Waals surface area contributed by atoms with Crippen LogP contribution in [0.3, 0.4) is 0 Å². The normalized spacial score (nSPS) is 17.9. The van der Waals surface area contributed by atoms with Gasteiger partial charge in [0, 0.05) is 18.5 Å². The number of benzene rings is 1. The Morgan fingerprint density at radius 1 is 1.45 bits per heavy atom. The van der Waals surface area contributed by atoms with Gasteiger partial charge in [0.2, 0.25) is 0 Å². The van der Waals surface area contributed by atoms with Crippen molar-refractivity contribution in [1.82, 2.24) is 4.90 Å². The van der Waals surface area contributed by atoms with Gasteiger partial charge in [-0.15, -0.1) is 0 Å². The van der Waals surface area contributed by atoms with Crippen molar-refractivity contribution in [2.75, 3.05) is 13.1 Å². The standard InChI is InChI=1S/C15H16F3NO/c1-3-11-7-10(2)13(16)8-12(11)14(20)19-6-4-5-15(17,18)9-19/h3,7-8H,1,4-6,9H2,2H3. The lowest BCUT2D eigenvalue weighted by atomic mass is 10.0. The van der Waals surface area contributed by atoms with Crippen molar-refractivity contribution < 1.29 is 18.0 Å². The zero-order valence-corrected chi connectivity index (χ0v) is 11.3. The van der Waals surface area contributed by atoms with E-state index in [-0.39, 0.29) is 24.9 Å². The number of hydrogen-bond donors (Lipinski definition) is 0. The zero-order chi connectivity index (χ0) is 14.9. The molecule has 1 aromatic rings. The van der Waals surface area contributed by atoms with Gasteiger partial charge in [0.1, 0.15) is 5.82 Å². The molecule has 1 aliphatic rings. The summed E-state index contributed by atoms with van der Waals surface area (Å²) in [5.74, 6) is -3.97. The second kappa shape index (κ2) is 5.31. The summed E-state index contributed by atoms with van der Waals surface area (Å²) in [5.41, 5.74) is 0.934. The Bertz CT molecular complexity index is 554. The lowest BCUT2D eigenvalue weighted by Crippen LogP contribution is -2.45. The monoisotopic (exact) mass is 283 g/mol. The highest BCUT2D eigenvalue weighted by Gasteiger charge is 2.37. The lowest BCUT2D eigenvalue weighted by Gasteiger charge is -2.32. The molecule has 1 saturated heterocycles. The minimum Gasteiger partial charge on any atom is -0.333 e. The molecule has 1 aliphatic heterocycles. The van der Waals surface area contributed by atoms with E-state index in [0.29, 0.717) is 11.1 Å². The molecular formula is C15H16F3NO. The van der Waals surface area contributed by atoms with Crippen molar-refractivity contribution in [3.05, 3.63) is 41.2 Å². The predicted molar refractivity (Wildman–Crippen MR) is 71.3 cm³/mol. The van der Waals surface area contributed by atoms with Gasteiger partial charge in [-0.25, -0.2) is 13.2 Å². The summed E-state index contributed by atoms with van der Waals surface area (Å²) in [5, 5.41) is 0. The van der Waals surface area contributed by atoms with E-state index in [1.807, 2.05) is 0 Å². The van der Waals surface area contributed by atoms with Crippen LogP contribution in [0.4, 0.5) is 13.2 Å². The van der Waals surface area contributed by atoms with E-state index in [1.165, 1.54) is 12.1 Å². The third-order valence-electron chi connectivity index (χ3n) is 3.46. The summed E-state index contributed by atoms with van der Waals surface area (Å²) < 4.78 is 40.4. The van der Waals surface area contributed by atoms with E-state index in [0.717, 1.165) is 11.0 Å². The van der Waals surface area contributed by atoms with Crippen LogP contribution in [-0.4, -0.2) is 29.8 Å². The van der Waals surface area contributed by atoms with Crippen LogP contribution in [0.15, 0.2) is 18.7 Å². The number of rotatable bonds is 2. The van der Waals surface area contributed by atoms with Crippen molar-refractivity contribution in [3.63, 3.8) is 0 Å². The first kappa shape index (κ1) is 14.6. The third kappa shape index (κ3) is 2.86. The number of carbonyl (C=O) groups is 1. The van der Waals surface area contributed by atoms with Crippen molar-refractivity contribution in [2.24, 2.45) is 0 Å². The molecule has 1 amide bonds. The largest absolute Gasteiger partial charge is 0.333 e. The van der Waals surface area contributed by atoms with E-state index >= 15 is 0 Å². The van der Waals surface area contributed by atoms with Gasteiger partial charge in [-0.1, -0.05) is 12.7 Å². The molecule has 20 heavy (non-hydrogen) atoms. The summed E-state index contributed by atoms with van der Waals surface area (Å²) in [6, 6.07) is 2.60. The number of halogens is 3. The van der Waals surface area contributed by atoms with E-state index in [2.05, 4.69) is 6.58 Å². The van der Waals surface area contributed by atoms with Gasteiger partial charge in [-0.05, 0) is 36.6 Å². The number of nitrogens with zero attached hydrogens (tertiary/aromatic N) is 1. The van der Waals surface area contributed by atoms with Crippen molar-refractivity contribution in [3.8, 4) is 0 Å². The molecule has 0 bridgehead atoms. The Kier molecular flexibility index (Phi) is 3.88. The molecule has 1 heterocycles. The Morgan fingerprint density at radius 3 is 2.75 bits per heavy atom. The number of hydrogen-bond acceptors (Lipinski definition) is 1. The average molecular weight is 283 g/mol. The second-order valence-corrected chi connectivity index (χ2v) is 5.08. The summed E-state index contributed by atoms with van der Waals surface area (Å²) >= 11 is 0. The van der Waals surface area contributed by atoms with Crippen molar-refractivity contribution >= 4 is 12.0 Å². The van der Waals surface area contributed by atoms with Gasteiger partial charge in [-0.2, -0.15) is 0 Å². The molecule has 1 fully saturated rings. The molecular weight excluding hydrogens is 267 g/mol. The summed E-state index contributed by atoms with van der Waals surface area (Å²) in [4.78, 5) is 13.4. The number of carbonyl (C=O) groups excluding carboxylic acids is 1. The van der Waals surface area contributed by atoms with Crippen LogP contribution < -0.4 is 0 Å². The Balaban J connectivity index is 2.33. The molecule has 0 saturated carbocycles. The molecule has 108 valence electrons. The van der Waals surface area contributed by atoms with E-state index < -0.39 is 24.2 Å². The fourth-order valence-electron chi connectivity index (χ4n) is 2.37. The van der Waals surface area contributed by atoms with Gasteiger partial charge >= 0.3 is 0 Å². The van der Waals surface area contributed by atoms with Crippen LogP contribution in [0.1, 0.15) is 34.3 Å². The quantitative estimate of drug-likeness (QED) is 0.811. The smallest absolute Gasteiger partial charge is 0.265 e. The first-order valence-corrected chi connectivity index (χ1v) is 6.44. The molecule has 0 spiro atoms. The van der Waals surface area contributed by atoms with E-state index in [9.17, 15) is 18.0 Å². The molecule has 2 rings (SSSR count). The highest BCUT2D eigenvalue weighted by atomic mass is 19.3. The van der Waals surface area contributed by atoms with Crippen LogP contribution >= 0.6 is 0 Å². The predicted octanol–water partition coefficient (Wildman–Crippen LogP) is 3.65. The third-order valence-corrected chi connectivity index (χ3v) is 3.46. The van der Waals surface area contributed by atoms with Crippen molar-refractivity contribution in [1.29, 1.82) is 0 Å². The molecule has 1 aromatic carbocycles. The average Bonchev–Trinajstić information content (AvgIpc) is 2.39. The molecule has 5 heteroatoms. The Morgan fingerprint density at radius 2 is 2.15 bits per heavy atom. The molecule has 0 radical (unpaired) electrons. The fraction of sp³-hybridized carbons (Fsp3) is 0.400. The molecule has 0 N–H and O–H groups in total. The summed E-state index contributed by atoms with van der Waals surface area (Å²) in [6.07, 6.45) is 1.46. The Hall–Kier alpha value is -1.78. The first-order valence-electron chi connectivity index (χ1n) is 6.44. The van der Waals surface area contributed by atoms with Gasteiger partial charge in [0.05, 0.1) is 6.54 Å². The molecule has 2 nitrogen and oxygen atoms in total. The van der Waals surface area contributed by atoms with Crippen LogP contribution in [0.25, 0.3) is 6.08 Å². The lowest BCUT2D eigenvalue weighted by molar-refractivity contribution is -0.0560. The summed E-state index contributed by atoms with van der Waals surface area (Å²) in [7, 11) is 0. The number of piperidine rings is 1.